The summed E-state index contributed by atoms with van der Waals surface area (Å²) in [6.07, 6.45) is 3.62. The normalized spacial score (nSPS) is 15.8. The van der Waals surface area contributed by atoms with Crippen LogP contribution in [0.2, 0.25) is 5.02 Å². The molecule has 1 saturated heterocycles. The Morgan fingerprint density at radius 2 is 1.91 bits per heavy atom. The van der Waals surface area contributed by atoms with E-state index in [1.807, 2.05) is 66.7 Å². The third kappa shape index (κ3) is 5.08. The van der Waals surface area contributed by atoms with Gasteiger partial charge in [0.25, 0.3) is 5.91 Å². The first-order valence-corrected chi connectivity index (χ1v) is 11.6. The van der Waals surface area contributed by atoms with E-state index < -0.39 is 0 Å². The zero-order valence-electron chi connectivity index (χ0n) is 17.5. The van der Waals surface area contributed by atoms with Gasteiger partial charge in [0, 0.05) is 23.8 Å². The van der Waals surface area contributed by atoms with Crippen molar-refractivity contribution in [1.29, 1.82) is 0 Å². The van der Waals surface area contributed by atoms with E-state index in [0.717, 1.165) is 22.2 Å². The summed E-state index contributed by atoms with van der Waals surface area (Å²) in [6.45, 7) is 0.693. The van der Waals surface area contributed by atoms with E-state index in [4.69, 9.17) is 11.6 Å². The molecule has 2 heterocycles. The number of hydrogen-bond acceptors (Lipinski definition) is 5. The van der Waals surface area contributed by atoms with Gasteiger partial charge < -0.3 is 10.6 Å². The molecule has 0 bridgehead atoms. The van der Waals surface area contributed by atoms with E-state index in [1.54, 1.807) is 12.3 Å². The van der Waals surface area contributed by atoms with Crippen LogP contribution in [0, 0.1) is 0 Å². The number of amidine groups is 1. The zero-order valence-corrected chi connectivity index (χ0v) is 19.0. The third-order valence-corrected chi connectivity index (χ3v) is 6.31. The summed E-state index contributed by atoms with van der Waals surface area (Å²) in [5, 5.41) is 8.24. The maximum Gasteiger partial charge on any atom is 0.264 e. The Hall–Kier alpha value is -3.61. The molecule has 0 atom stereocenters. The van der Waals surface area contributed by atoms with Crippen LogP contribution in [0.4, 0.5) is 11.4 Å². The average molecular weight is 471 g/mol. The minimum Gasteiger partial charge on any atom is -0.381 e. The number of halogens is 1. The summed E-state index contributed by atoms with van der Waals surface area (Å²) >= 11 is 7.67. The van der Waals surface area contributed by atoms with Crippen molar-refractivity contribution >= 4 is 62.8 Å². The molecule has 0 saturated carbocycles. The molecule has 2 N–H and O–H groups in total. The van der Waals surface area contributed by atoms with Crippen molar-refractivity contribution in [1.82, 2.24) is 10.3 Å². The number of nitrogens with zero attached hydrogens (tertiary/aromatic N) is 2. The topological polar surface area (TPSA) is 66.4 Å². The molecule has 4 aromatic rings. The van der Waals surface area contributed by atoms with Gasteiger partial charge in [0.2, 0.25) is 0 Å². The number of fused-ring (bicyclic) bond motifs is 1. The molecule has 1 amide bonds. The molecular weight excluding hydrogens is 452 g/mol. The molecule has 3 aromatic carbocycles. The van der Waals surface area contributed by atoms with Gasteiger partial charge in [-0.3, -0.25) is 9.78 Å². The highest BCUT2D eigenvalue weighted by Gasteiger charge is 2.24. The second-order valence-electron chi connectivity index (χ2n) is 7.44. The second-order valence-corrected chi connectivity index (χ2v) is 8.88. The summed E-state index contributed by atoms with van der Waals surface area (Å²) in [4.78, 5) is 22.0. The molecule has 1 aliphatic heterocycles. The highest BCUT2D eigenvalue weighted by molar-refractivity contribution is 8.18. The number of hydrogen-bond donors (Lipinski definition) is 2. The van der Waals surface area contributed by atoms with Crippen molar-refractivity contribution in [3.05, 3.63) is 106 Å². The lowest BCUT2D eigenvalue weighted by atomic mass is 10.1. The van der Waals surface area contributed by atoms with Crippen molar-refractivity contribution in [2.45, 2.75) is 6.54 Å². The predicted molar refractivity (Wildman–Crippen MR) is 138 cm³/mol. The number of nitrogens with one attached hydrogen (secondary N) is 2. The Kier molecular flexibility index (Phi) is 6.11. The standard InChI is InChI=1S/C26H19ClN4OS/c27-21-10-9-20(29-16-17-5-2-1-3-6-17)15-23(21)30-26-31-25(32)24(33-26)14-18-8-11-22-19(13-18)7-4-12-28-22/h1-15,29H,16H2,(H,30,31,32). The first kappa shape index (κ1) is 21.2. The minimum absolute atomic E-state index is 0.181. The SMILES string of the molecule is O=C1NC(=Nc2cc(NCc3ccccc3)ccc2Cl)SC1=Cc1ccc2ncccc2c1. The van der Waals surface area contributed by atoms with E-state index in [-0.39, 0.29) is 5.91 Å². The molecule has 5 nitrogen and oxygen atoms in total. The van der Waals surface area contributed by atoms with Crippen LogP contribution in [0.3, 0.4) is 0 Å². The fraction of sp³-hybridized carbons (Fsp3) is 0.0385. The molecule has 1 fully saturated rings. The summed E-state index contributed by atoms with van der Waals surface area (Å²) < 4.78 is 0. The van der Waals surface area contributed by atoms with Crippen molar-refractivity contribution < 1.29 is 4.79 Å². The molecule has 33 heavy (non-hydrogen) atoms. The lowest BCUT2D eigenvalue weighted by Crippen LogP contribution is -2.19. The first-order chi connectivity index (χ1) is 16.1. The molecule has 0 spiro atoms. The Labute approximate surface area is 200 Å². The number of rotatable bonds is 5. The van der Waals surface area contributed by atoms with Crippen molar-refractivity contribution in [3.8, 4) is 0 Å². The van der Waals surface area contributed by atoms with Gasteiger partial charge in [-0.25, -0.2) is 4.99 Å². The summed E-state index contributed by atoms with van der Waals surface area (Å²) in [5.74, 6) is -0.181. The van der Waals surface area contributed by atoms with E-state index in [2.05, 4.69) is 32.7 Å². The molecule has 0 radical (unpaired) electrons. The second kappa shape index (κ2) is 9.48. The number of thioether (sulfide) groups is 1. The highest BCUT2D eigenvalue weighted by atomic mass is 35.5. The molecule has 7 heteroatoms. The number of aliphatic imine (C=N–C) groups is 1. The molecule has 5 rings (SSSR count). The quantitative estimate of drug-likeness (QED) is 0.331. The number of carbonyl (C=O) groups excluding carboxylic acids is 1. The van der Waals surface area contributed by atoms with E-state index in [9.17, 15) is 4.79 Å². The largest absolute Gasteiger partial charge is 0.381 e. The fourth-order valence-electron chi connectivity index (χ4n) is 3.43. The zero-order chi connectivity index (χ0) is 22.6. The molecule has 0 unspecified atom stereocenters. The maximum atomic E-state index is 12.5. The van der Waals surface area contributed by atoms with Crippen LogP contribution in [-0.2, 0) is 11.3 Å². The van der Waals surface area contributed by atoms with Crippen molar-refractivity contribution in [2.24, 2.45) is 4.99 Å². The van der Waals surface area contributed by atoms with Crippen LogP contribution in [0.1, 0.15) is 11.1 Å². The van der Waals surface area contributed by atoms with Gasteiger partial charge in [-0.05, 0) is 65.4 Å². The van der Waals surface area contributed by atoms with Crippen LogP contribution in [0.15, 0.2) is 95.0 Å². The van der Waals surface area contributed by atoms with E-state index in [1.165, 1.54) is 17.3 Å². The Morgan fingerprint density at radius 3 is 2.79 bits per heavy atom. The van der Waals surface area contributed by atoms with Crippen LogP contribution in [0.25, 0.3) is 17.0 Å². The summed E-state index contributed by atoms with van der Waals surface area (Å²) in [5.41, 5.74) is 4.52. The number of aromatic nitrogens is 1. The Balaban J connectivity index is 1.34. The number of amides is 1. The van der Waals surface area contributed by atoms with Gasteiger partial charge in [-0.1, -0.05) is 54.1 Å². The van der Waals surface area contributed by atoms with Crippen molar-refractivity contribution in [3.63, 3.8) is 0 Å². The molecule has 0 aliphatic carbocycles. The van der Waals surface area contributed by atoms with Crippen LogP contribution in [0.5, 0.6) is 0 Å². The van der Waals surface area contributed by atoms with E-state index in [0.29, 0.717) is 27.3 Å². The maximum absolute atomic E-state index is 12.5. The fourth-order valence-corrected chi connectivity index (χ4v) is 4.43. The Morgan fingerprint density at radius 1 is 1.03 bits per heavy atom. The van der Waals surface area contributed by atoms with Gasteiger partial charge in [0.05, 0.1) is 21.1 Å². The number of pyridine rings is 1. The lowest BCUT2D eigenvalue weighted by Gasteiger charge is -2.08. The number of anilines is 1. The van der Waals surface area contributed by atoms with Crippen LogP contribution >= 0.6 is 23.4 Å². The lowest BCUT2D eigenvalue weighted by molar-refractivity contribution is -0.115. The van der Waals surface area contributed by atoms with Gasteiger partial charge in [-0.2, -0.15) is 0 Å². The summed E-state index contributed by atoms with van der Waals surface area (Å²) in [7, 11) is 0. The molecular formula is C26H19ClN4OS. The summed E-state index contributed by atoms with van der Waals surface area (Å²) in [6, 6.07) is 25.5. The smallest absolute Gasteiger partial charge is 0.264 e. The van der Waals surface area contributed by atoms with Gasteiger partial charge >= 0.3 is 0 Å². The monoisotopic (exact) mass is 470 g/mol. The van der Waals surface area contributed by atoms with Gasteiger partial charge in [0.1, 0.15) is 0 Å². The highest BCUT2D eigenvalue weighted by Crippen LogP contribution is 2.33. The van der Waals surface area contributed by atoms with Crippen molar-refractivity contribution in [2.75, 3.05) is 5.32 Å². The third-order valence-electron chi connectivity index (χ3n) is 5.08. The van der Waals surface area contributed by atoms with Crippen LogP contribution in [-0.4, -0.2) is 16.1 Å². The average Bonchev–Trinajstić information content (AvgIpc) is 3.18. The van der Waals surface area contributed by atoms with Gasteiger partial charge in [0.15, 0.2) is 5.17 Å². The van der Waals surface area contributed by atoms with E-state index >= 15 is 0 Å². The molecule has 1 aromatic heterocycles. The van der Waals surface area contributed by atoms with Gasteiger partial charge in [-0.15, -0.1) is 0 Å². The predicted octanol–water partition coefficient (Wildman–Crippen LogP) is 6.39. The minimum atomic E-state index is -0.181. The molecule has 162 valence electrons. The number of carbonyl (C=O) groups is 1. The first-order valence-electron chi connectivity index (χ1n) is 10.4. The Bertz CT molecular complexity index is 1400. The van der Waals surface area contributed by atoms with Crippen LogP contribution < -0.4 is 10.6 Å². The molecule has 1 aliphatic rings. The number of benzene rings is 3.